The molecule has 2 aliphatic carbocycles. The van der Waals surface area contributed by atoms with Crippen LogP contribution in [0.4, 0.5) is 42.9 Å². The minimum atomic E-state index is -0.328. The van der Waals surface area contributed by atoms with Crippen molar-refractivity contribution >= 4 is 66.4 Å². The molecule has 0 aromatic heterocycles. The van der Waals surface area contributed by atoms with E-state index in [9.17, 15) is 0 Å². The van der Waals surface area contributed by atoms with Crippen LogP contribution in [0, 0.1) is 11.6 Å². The summed E-state index contributed by atoms with van der Waals surface area (Å²) in [7, 11) is 0. The fraction of sp³-hybridized carbons (Fsp3) is 0.297. The van der Waals surface area contributed by atoms with E-state index in [1.807, 2.05) is 24.3 Å². The molecular formula is C74H74F2N2. The smallest absolute Gasteiger partial charge is 0.147 e. The van der Waals surface area contributed by atoms with Crippen LogP contribution >= 0.6 is 0 Å². The first-order valence-corrected chi connectivity index (χ1v) is 28.1. The van der Waals surface area contributed by atoms with Crippen molar-refractivity contribution in [2.24, 2.45) is 0 Å². The molecule has 10 aromatic carbocycles. The van der Waals surface area contributed by atoms with Crippen molar-refractivity contribution in [1.82, 2.24) is 0 Å². The zero-order chi connectivity index (χ0) is 55.6. The largest absolute Gasteiger partial charge is 0.306 e. The van der Waals surface area contributed by atoms with E-state index in [0.717, 1.165) is 66.2 Å². The fourth-order valence-corrected chi connectivity index (χ4v) is 13.0. The van der Waals surface area contributed by atoms with Gasteiger partial charge in [0.05, 0.1) is 34.1 Å². The van der Waals surface area contributed by atoms with Gasteiger partial charge >= 0.3 is 0 Å². The van der Waals surface area contributed by atoms with E-state index in [-0.39, 0.29) is 44.1 Å². The Kier molecular flexibility index (Phi) is 11.3. The van der Waals surface area contributed by atoms with E-state index < -0.39 is 0 Å². The topological polar surface area (TPSA) is 6.48 Å². The zero-order valence-electron chi connectivity index (χ0n) is 48.7. The third-order valence-corrected chi connectivity index (χ3v) is 17.7. The maximum Gasteiger partial charge on any atom is 0.147 e. The number of halogens is 2. The van der Waals surface area contributed by atoms with Gasteiger partial charge in [-0.15, -0.1) is 0 Å². The van der Waals surface area contributed by atoms with Crippen molar-refractivity contribution in [2.45, 2.75) is 143 Å². The molecule has 394 valence electrons. The van der Waals surface area contributed by atoms with Crippen LogP contribution in [0.1, 0.15) is 155 Å². The first-order valence-electron chi connectivity index (χ1n) is 28.1. The van der Waals surface area contributed by atoms with Crippen LogP contribution in [0.25, 0.3) is 54.6 Å². The number of para-hydroxylation sites is 2. The molecule has 0 atom stereocenters. The van der Waals surface area contributed by atoms with Gasteiger partial charge in [0.1, 0.15) is 11.6 Å². The summed E-state index contributed by atoms with van der Waals surface area (Å²) in [4.78, 5) is 4.41. The molecular weight excluding hydrogens is 955 g/mol. The summed E-state index contributed by atoms with van der Waals surface area (Å²) in [6, 6.07) is 55.6. The molecule has 0 bridgehead atoms. The molecule has 0 N–H and O–H groups in total. The molecule has 0 fully saturated rings. The molecule has 78 heavy (non-hydrogen) atoms. The van der Waals surface area contributed by atoms with Crippen molar-refractivity contribution in [2.75, 3.05) is 9.80 Å². The van der Waals surface area contributed by atoms with E-state index in [1.165, 1.54) is 55.6 Å². The number of hydrogen-bond acceptors (Lipinski definition) is 2. The van der Waals surface area contributed by atoms with Crippen molar-refractivity contribution < 1.29 is 8.78 Å². The van der Waals surface area contributed by atoms with Crippen molar-refractivity contribution in [3.63, 3.8) is 0 Å². The minimum absolute atomic E-state index is 0.0400. The van der Waals surface area contributed by atoms with Crippen molar-refractivity contribution in [3.05, 3.63) is 214 Å². The van der Waals surface area contributed by atoms with E-state index in [4.69, 9.17) is 0 Å². The predicted octanol–water partition coefficient (Wildman–Crippen LogP) is 21.6. The summed E-state index contributed by atoms with van der Waals surface area (Å²) in [5, 5.41) is 6.30. The Morgan fingerprint density at radius 3 is 1.00 bits per heavy atom. The lowest BCUT2D eigenvalue weighted by atomic mass is 9.77. The second-order valence-electron chi connectivity index (χ2n) is 27.8. The molecule has 0 amide bonds. The molecule has 0 heterocycles. The first-order chi connectivity index (χ1) is 36.6. The minimum Gasteiger partial charge on any atom is -0.306 e. The van der Waals surface area contributed by atoms with Gasteiger partial charge in [0, 0.05) is 32.7 Å². The molecule has 0 radical (unpaired) electrons. The highest BCUT2D eigenvalue weighted by molar-refractivity contribution is 6.28. The van der Waals surface area contributed by atoms with Crippen LogP contribution in [0.2, 0.25) is 0 Å². The van der Waals surface area contributed by atoms with Gasteiger partial charge in [-0.1, -0.05) is 220 Å². The zero-order valence-corrected chi connectivity index (χ0v) is 48.7. The summed E-state index contributed by atoms with van der Waals surface area (Å²) < 4.78 is 34.3. The van der Waals surface area contributed by atoms with E-state index in [0.29, 0.717) is 11.4 Å². The van der Waals surface area contributed by atoms with Gasteiger partial charge in [-0.3, -0.25) is 0 Å². The van der Waals surface area contributed by atoms with E-state index in [2.05, 4.69) is 230 Å². The summed E-state index contributed by atoms with van der Waals surface area (Å²) in [6.45, 7) is 36.7. The lowest BCUT2D eigenvalue weighted by molar-refractivity contribution is 0.579. The lowest BCUT2D eigenvalue weighted by Gasteiger charge is -2.33. The Morgan fingerprint density at radius 1 is 0.321 bits per heavy atom. The Labute approximate surface area is 462 Å². The fourth-order valence-electron chi connectivity index (χ4n) is 13.0. The molecule has 12 rings (SSSR count). The highest BCUT2D eigenvalue weighted by atomic mass is 19.1. The summed E-state index contributed by atoms with van der Waals surface area (Å²) >= 11 is 0. The Balaban J connectivity index is 1.16. The van der Waals surface area contributed by atoms with Crippen molar-refractivity contribution in [1.29, 1.82) is 0 Å². The average Bonchev–Trinajstić information content (AvgIpc) is 3.64. The summed E-state index contributed by atoms with van der Waals surface area (Å²) in [5.74, 6) is -0.600. The molecule has 0 aliphatic heterocycles. The van der Waals surface area contributed by atoms with Crippen molar-refractivity contribution in [3.8, 4) is 22.3 Å². The van der Waals surface area contributed by atoms with Crippen LogP contribution in [-0.2, 0) is 32.5 Å². The van der Waals surface area contributed by atoms with Gasteiger partial charge in [-0.25, -0.2) is 8.78 Å². The number of hydrogen-bond donors (Lipinski definition) is 0. The highest BCUT2D eigenvalue weighted by Gasteiger charge is 2.43. The Morgan fingerprint density at radius 2 is 0.654 bits per heavy atom. The second-order valence-corrected chi connectivity index (χ2v) is 27.8. The maximum absolute atomic E-state index is 17.2. The Hall–Kier alpha value is -7.30. The second kappa shape index (κ2) is 17.1. The van der Waals surface area contributed by atoms with E-state index in [1.54, 1.807) is 24.3 Å². The molecule has 0 saturated carbocycles. The standard InChI is InChI=1S/C74H74F2N2/c1-69(2,3)45-29-33-49-53(37-45)73(13,14)55-39-47(71(7,8)9)41-63(67(49)55)77(61-23-19-17-21-57(61)75)59-35-27-43-26-32-52-60(36-28-44-25-31-51(59)65(43)66(44)52)78(62-24-20-18-22-58(62)76)64-42-48(72(10,11)12)40-56-68(64)50-34-30-46(70(4,5)6)38-54(50)74(56,15)16/h17-42H,1-16H3. The molecule has 4 heteroatoms. The normalized spacial score (nSPS) is 14.7. The van der Waals surface area contributed by atoms with Gasteiger partial charge in [0.15, 0.2) is 0 Å². The van der Waals surface area contributed by atoms with Crippen LogP contribution in [0.5, 0.6) is 0 Å². The number of benzene rings is 10. The third-order valence-electron chi connectivity index (χ3n) is 17.7. The number of anilines is 6. The quantitative estimate of drug-likeness (QED) is 0.153. The number of rotatable bonds is 6. The Bertz CT molecular complexity index is 3840. The predicted molar refractivity (Wildman–Crippen MR) is 329 cm³/mol. The monoisotopic (exact) mass is 1030 g/mol. The van der Waals surface area contributed by atoms with E-state index >= 15 is 8.78 Å². The molecule has 2 nitrogen and oxygen atoms in total. The average molecular weight is 1030 g/mol. The number of fused-ring (bicyclic) bond motifs is 6. The number of nitrogens with zero attached hydrogens (tertiary/aromatic N) is 2. The molecule has 10 aromatic rings. The highest BCUT2D eigenvalue weighted by Crippen LogP contribution is 2.60. The van der Waals surface area contributed by atoms with Crippen LogP contribution in [-0.4, -0.2) is 0 Å². The molecule has 2 aliphatic rings. The van der Waals surface area contributed by atoms with Crippen LogP contribution < -0.4 is 9.80 Å². The van der Waals surface area contributed by atoms with Gasteiger partial charge in [0.25, 0.3) is 0 Å². The van der Waals surface area contributed by atoms with Gasteiger partial charge in [-0.05, 0) is 147 Å². The SMILES string of the molecule is CC(C)(C)c1ccc2c(c1)C(C)(C)c1cc(C(C)(C)C)cc(N(c3ccccc3F)c3ccc4ccc5c(N(c6ccccc6F)c6cc(C(C)(C)C)cc7c6-c6ccc(C(C)(C)C)cc6C7(C)C)ccc6ccc3c4c65)c1-2. The third kappa shape index (κ3) is 7.82. The molecule has 0 unspecified atom stereocenters. The van der Waals surface area contributed by atoms with Crippen LogP contribution in [0.3, 0.4) is 0 Å². The molecule has 0 spiro atoms. The molecule has 0 saturated heterocycles. The summed E-state index contributed by atoms with van der Waals surface area (Å²) in [6.07, 6.45) is 0. The van der Waals surface area contributed by atoms with Gasteiger partial charge in [-0.2, -0.15) is 0 Å². The van der Waals surface area contributed by atoms with Crippen LogP contribution in [0.15, 0.2) is 158 Å². The van der Waals surface area contributed by atoms with Gasteiger partial charge in [0.2, 0.25) is 0 Å². The maximum atomic E-state index is 17.2. The summed E-state index contributed by atoms with van der Waals surface area (Å²) in [5.41, 5.74) is 18.1. The first kappa shape index (κ1) is 51.5. The lowest BCUT2D eigenvalue weighted by Crippen LogP contribution is -2.21. The van der Waals surface area contributed by atoms with Gasteiger partial charge < -0.3 is 9.80 Å².